The number of nitrogens with two attached hydrogens (primary N) is 1. The summed E-state index contributed by atoms with van der Waals surface area (Å²) in [4.78, 5) is 17.6. The molecule has 0 spiro atoms. The van der Waals surface area contributed by atoms with Crippen molar-refractivity contribution in [2.24, 2.45) is 5.73 Å². The lowest BCUT2D eigenvalue weighted by molar-refractivity contribution is 0.0995. The predicted octanol–water partition coefficient (Wildman–Crippen LogP) is -0.175. The molecule has 1 heterocycles. The first-order chi connectivity index (χ1) is 5.30. The Kier molecular flexibility index (Phi) is 4.09. The molecule has 2 N–H and O–H groups in total. The van der Waals surface area contributed by atoms with Crippen LogP contribution in [-0.4, -0.2) is 15.9 Å². The third-order valence-electron chi connectivity index (χ3n) is 0.816. The minimum absolute atomic E-state index is 0.192. The lowest BCUT2D eigenvalue weighted by Crippen LogP contribution is -2.12. The molecule has 0 atom stereocenters. The molecule has 0 fully saturated rings. The molecule has 4 heteroatoms. The van der Waals surface area contributed by atoms with E-state index < -0.39 is 5.91 Å². The van der Waals surface area contributed by atoms with Crippen molar-refractivity contribution in [1.29, 1.82) is 0 Å². The van der Waals surface area contributed by atoms with E-state index in [2.05, 4.69) is 22.8 Å². The number of rotatable bonds is 1. The van der Waals surface area contributed by atoms with E-state index >= 15 is 0 Å². The Morgan fingerprint density at radius 1 is 1.45 bits per heavy atom. The van der Waals surface area contributed by atoms with Gasteiger partial charge in [0.05, 0.1) is 6.20 Å². The molecule has 1 amide bonds. The van der Waals surface area contributed by atoms with E-state index in [1.807, 2.05) is 0 Å². The van der Waals surface area contributed by atoms with Crippen LogP contribution in [0.25, 0.3) is 0 Å². The number of hydrogen-bond acceptors (Lipinski definition) is 3. The van der Waals surface area contributed by atoms with Gasteiger partial charge in [0.1, 0.15) is 5.69 Å². The van der Waals surface area contributed by atoms with E-state index in [1.165, 1.54) is 18.6 Å². The highest BCUT2D eigenvalue weighted by atomic mass is 16.1. The second-order valence-electron chi connectivity index (χ2n) is 1.45. The first kappa shape index (κ1) is 9.11. The van der Waals surface area contributed by atoms with Gasteiger partial charge in [-0.1, -0.05) is 0 Å². The van der Waals surface area contributed by atoms with Gasteiger partial charge in [-0.15, -0.1) is 12.8 Å². The number of carbonyl (C=O) groups excluding carboxylic acids is 1. The van der Waals surface area contributed by atoms with Gasteiger partial charge in [0.25, 0.3) is 5.91 Å². The number of aromatic nitrogens is 2. The Bertz CT molecular complexity index is 242. The number of primary amides is 1. The van der Waals surface area contributed by atoms with Crippen LogP contribution in [0.1, 0.15) is 10.5 Å². The molecule has 11 heavy (non-hydrogen) atoms. The van der Waals surface area contributed by atoms with Crippen molar-refractivity contribution in [3.05, 3.63) is 24.3 Å². The lowest BCUT2D eigenvalue weighted by atomic mass is 10.4. The Hall–Kier alpha value is -1.89. The summed E-state index contributed by atoms with van der Waals surface area (Å²) >= 11 is 0. The molecule has 1 aromatic rings. The molecule has 1 rings (SSSR count). The van der Waals surface area contributed by atoms with Gasteiger partial charge >= 0.3 is 0 Å². The van der Waals surface area contributed by atoms with Crippen molar-refractivity contribution in [3.63, 3.8) is 0 Å². The molecule has 56 valence electrons. The molecule has 1 aromatic heterocycles. The van der Waals surface area contributed by atoms with Gasteiger partial charge in [0.15, 0.2) is 0 Å². The first-order valence-corrected chi connectivity index (χ1v) is 2.70. The van der Waals surface area contributed by atoms with E-state index in [1.54, 1.807) is 0 Å². The summed E-state index contributed by atoms with van der Waals surface area (Å²) in [6.45, 7) is 0. The zero-order valence-electron chi connectivity index (χ0n) is 5.77. The average molecular weight is 149 g/mol. The number of terminal acetylenes is 1. The van der Waals surface area contributed by atoms with Crippen molar-refractivity contribution in [1.82, 2.24) is 9.97 Å². The summed E-state index contributed by atoms with van der Waals surface area (Å²) in [5.74, 6) is -0.553. The molecule has 0 saturated heterocycles. The van der Waals surface area contributed by atoms with Crippen molar-refractivity contribution >= 4 is 5.91 Å². The summed E-state index contributed by atoms with van der Waals surface area (Å²) in [5.41, 5.74) is 5.06. The molecule has 0 aliphatic carbocycles. The molecule has 0 bridgehead atoms. The monoisotopic (exact) mass is 149 g/mol. The summed E-state index contributed by atoms with van der Waals surface area (Å²) < 4.78 is 0. The standard InChI is InChI=1S/C5H5N3O.C2H2/c6-5(9)4-3-7-1-2-8-4;1-2/h1-3H,(H2,6,9);1-2H. The molecular weight excluding hydrogens is 142 g/mol. The maximum atomic E-state index is 10.3. The average Bonchev–Trinajstić information content (AvgIpc) is 2.10. The summed E-state index contributed by atoms with van der Waals surface area (Å²) in [5, 5.41) is 0. The van der Waals surface area contributed by atoms with Gasteiger partial charge in [-0.05, 0) is 0 Å². The smallest absolute Gasteiger partial charge is 0.268 e. The molecule has 0 unspecified atom stereocenters. The fourth-order valence-corrected chi connectivity index (χ4v) is 0.426. The van der Waals surface area contributed by atoms with Gasteiger partial charge < -0.3 is 5.73 Å². The quantitative estimate of drug-likeness (QED) is 0.563. The fraction of sp³-hybridized carbons (Fsp3) is 0. The SMILES string of the molecule is C#C.NC(=O)c1cnccn1. The Morgan fingerprint density at radius 2 is 2.09 bits per heavy atom. The highest BCUT2D eigenvalue weighted by Gasteiger charge is 1.97. The van der Waals surface area contributed by atoms with Crippen LogP contribution in [0.5, 0.6) is 0 Å². The maximum absolute atomic E-state index is 10.3. The predicted molar refractivity (Wildman–Crippen MR) is 40.4 cm³/mol. The van der Waals surface area contributed by atoms with Gasteiger partial charge in [-0.25, -0.2) is 4.98 Å². The normalized spacial score (nSPS) is 7.45. The van der Waals surface area contributed by atoms with Crippen LogP contribution < -0.4 is 5.73 Å². The molecule has 0 saturated carbocycles. The number of nitrogens with zero attached hydrogens (tertiary/aromatic N) is 2. The molecule has 0 radical (unpaired) electrons. The highest BCUT2D eigenvalue weighted by molar-refractivity contribution is 5.90. The van der Waals surface area contributed by atoms with Crippen LogP contribution in [-0.2, 0) is 0 Å². The lowest BCUT2D eigenvalue weighted by Gasteiger charge is -1.87. The Morgan fingerprint density at radius 3 is 2.36 bits per heavy atom. The number of hydrogen-bond donors (Lipinski definition) is 1. The summed E-state index contributed by atoms with van der Waals surface area (Å²) in [6, 6.07) is 0. The summed E-state index contributed by atoms with van der Waals surface area (Å²) in [6.07, 6.45) is 12.2. The molecule has 0 aliphatic heterocycles. The van der Waals surface area contributed by atoms with Gasteiger partial charge in [-0.3, -0.25) is 9.78 Å². The second kappa shape index (κ2) is 4.94. The zero-order chi connectivity index (χ0) is 8.69. The zero-order valence-corrected chi connectivity index (χ0v) is 5.77. The van der Waals surface area contributed by atoms with Crippen LogP contribution in [0.2, 0.25) is 0 Å². The van der Waals surface area contributed by atoms with E-state index in [-0.39, 0.29) is 5.69 Å². The fourth-order valence-electron chi connectivity index (χ4n) is 0.426. The Balaban J connectivity index is 0.000000461. The third kappa shape index (κ3) is 2.96. The molecular formula is C7H7N3O. The van der Waals surface area contributed by atoms with E-state index in [0.29, 0.717) is 0 Å². The second-order valence-corrected chi connectivity index (χ2v) is 1.45. The van der Waals surface area contributed by atoms with Gasteiger partial charge in [0, 0.05) is 12.4 Å². The van der Waals surface area contributed by atoms with Crippen molar-refractivity contribution in [2.75, 3.05) is 0 Å². The topological polar surface area (TPSA) is 68.9 Å². The molecule has 4 nitrogen and oxygen atoms in total. The van der Waals surface area contributed by atoms with E-state index in [0.717, 1.165) is 0 Å². The maximum Gasteiger partial charge on any atom is 0.268 e. The van der Waals surface area contributed by atoms with Crippen molar-refractivity contribution in [2.45, 2.75) is 0 Å². The minimum atomic E-state index is -0.553. The minimum Gasteiger partial charge on any atom is -0.364 e. The number of amides is 1. The Labute approximate surface area is 64.5 Å². The van der Waals surface area contributed by atoms with Gasteiger partial charge in [-0.2, -0.15) is 0 Å². The largest absolute Gasteiger partial charge is 0.364 e. The molecule has 0 aromatic carbocycles. The highest BCUT2D eigenvalue weighted by Crippen LogP contribution is 1.84. The third-order valence-corrected chi connectivity index (χ3v) is 0.816. The van der Waals surface area contributed by atoms with Crippen LogP contribution in [0.15, 0.2) is 18.6 Å². The van der Waals surface area contributed by atoms with Crippen molar-refractivity contribution in [3.8, 4) is 12.8 Å². The summed E-state index contributed by atoms with van der Waals surface area (Å²) in [7, 11) is 0. The molecule has 0 aliphatic rings. The number of carbonyl (C=O) groups is 1. The van der Waals surface area contributed by atoms with Crippen LogP contribution >= 0.6 is 0 Å². The van der Waals surface area contributed by atoms with Gasteiger partial charge in [0.2, 0.25) is 0 Å². The van der Waals surface area contributed by atoms with Crippen LogP contribution in [0.3, 0.4) is 0 Å². The van der Waals surface area contributed by atoms with E-state index in [4.69, 9.17) is 5.73 Å². The van der Waals surface area contributed by atoms with Crippen LogP contribution in [0.4, 0.5) is 0 Å². The van der Waals surface area contributed by atoms with Crippen LogP contribution in [0, 0.1) is 12.8 Å². The van der Waals surface area contributed by atoms with Crippen molar-refractivity contribution < 1.29 is 4.79 Å². The van der Waals surface area contributed by atoms with E-state index in [9.17, 15) is 4.79 Å². The first-order valence-electron chi connectivity index (χ1n) is 2.70.